The van der Waals surface area contributed by atoms with Crippen molar-refractivity contribution in [1.82, 2.24) is 0 Å². The first-order chi connectivity index (χ1) is 8.11. The molecule has 1 unspecified atom stereocenters. The van der Waals surface area contributed by atoms with Crippen LogP contribution in [0.25, 0.3) is 0 Å². The van der Waals surface area contributed by atoms with Crippen molar-refractivity contribution in [1.29, 1.82) is 5.26 Å². The van der Waals surface area contributed by atoms with Crippen LogP contribution in [0.5, 0.6) is 0 Å². The number of carbonyl (C=O) groups is 1. The fourth-order valence-electron chi connectivity index (χ4n) is 2.01. The van der Waals surface area contributed by atoms with Gasteiger partial charge in [0.2, 0.25) is 0 Å². The normalized spacial score (nSPS) is 19.1. The van der Waals surface area contributed by atoms with Crippen LogP contribution in [-0.2, 0) is 4.79 Å². The summed E-state index contributed by atoms with van der Waals surface area (Å²) in [5, 5.41) is 17.5. The van der Waals surface area contributed by atoms with Crippen molar-refractivity contribution in [2.24, 2.45) is 5.92 Å². The average Bonchev–Trinajstić information content (AvgIpc) is 2.78. The maximum absolute atomic E-state index is 13.7. The van der Waals surface area contributed by atoms with Gasteiger partial charge >= 0.3 is 5.97 Å². The molecule has 1 aromatic carbocycles. The van der Waals surface area contributed by atoms with Gasteiger partial charge in [0.15, 0.2) is 0 Å². The maximum Gasteiger partial charge on any atom is 0.308 e. The smallest absolute Gasteiger partial charge is 0.308 e. The Labute approximate surface area is 97.9 Å². The van der Waals surface area contributed by atoms with Gasteiger partial charge in [-0.3, -0.25) is 4.79 Å². The van der Waals surface area contributed by atoms with Gasteiger partial charge in [-0.15, -0.1) is 0 Å². The monoisotopic (exact) mass is 234 g/mol. The molecule has 0 amide bonds. The van der Waals surface area contributed by atoms with Gasteiger partial charge in [0.1, 0.15) is 5.82 Å². The second-order valence-corrected chi connectivity index (χ2v) is 4.05. The zero-order valence-corrected chi connectivity index (χ0v) is 9.06. The van der Waals surface area contributed by atoms with Gasteiger partial charge in [0.05, 0.1) is 23.2 Å². The number of anilines is 1. The third-order valence-corrected chi connectivity index (χ3v) is 2.95. The maximum atomic E-state index is 13.7. The molecule has 1 heterocycles. The summed E-state index contributed by atoms with van der Waals surface area (Å²) in [6.07, 6.45) is 0.523. The minimum Gasteiger partial charge on any atom is -0.481 e. The van der Waals surface area contributed by atoms with Gasteiger partial charge in [-0.1, -0.05) is 0 Å². The lowest BCUT2D eigenvalue weighted by Gasteiger charge is -2.18. The van der Waals surface area contributed by atoms with Crippen LogP contribution < -0.4 is 4.90 Å². The predicted octanol–water partition coefficient (Wildman–Crippen LogP) is 1.61. The van der Waals surface area contributed by atoms with Gasteiger partial charge in [0.25, 0.3) is 0 Å². The van der Waals surface area contributed by atoms with E-state index < -0.39 is 17.7 Å². The Balaban J connectivity index is 2.20. The topological polar surface area (TPSA) is 64.3 Å². The van der Waals surface area contributed by atoms with Gasteiger partial charge in [-0.05, 0) is 24.6 Å². The first-order valence-corrected chi connectivity index (χ1v) is 5.29. The van der Waals surface area contributed by atoms with Crippen LogP contribution in [0.3, 0.4) is 0 Å². The molecule has 1 aromatic rings. The van der Waals surface area contributed by atoms with E-state index in [-0.39, 0.29) is 5.56 Å². The highest BCUT2D eigenvalue weighted by atomic mass is 19.1. The fourth-order valence-corrected chi connectivity index (χ4v) is 2.01. The number of nitrogens with zero attached hydrogens (tertiary/aromatic N) is 2. The Morgan fingerprint density at radius 3 is 2.88 bits per heavy atom. The molecule has 0 bridgehead atoms. The Hall–Kier alpha value is -2.09. The number of carboxylic acid groups (broad SMARTS) is 1. The summed E-state index contributed by atoms with van der Waals surface area (Å²) in [4.78, 5) is 12.5. The molecule has 1 fully saturated rings. The molecular formula is C12H11FN2O2. The number of hydrogen-bond donors (Lipinski definition) is 1. The van der Waals surface area contributed by atoms with Crippen LogP contribution >= 0.6 is 0 Å². The summed E-state index contributed by atoms with van der Waals surface area (Å²) in [5.74, 6) is -1.76. The molecule has 88 valence electrons. The standard InChI is InChI=1S/C12H11FN2O2/c13-10-5-8(6-14)1-2-11(10)15-4-3-9(7-15)12(16)17/h1-2,5,9H,3-4,7H2,(H,16,17). The molecule has 0 aromatic heterocycles. The second-order valence-electron chi connectivity index (χ2n) is 4.05. The Morgan fingerprint density at radius 2 is 2.35 bits per heavy atom. The molecule has 1 saturated heterocycles. The van der Waals surface area contributed by atoms with E-state index in [0.29, 0.717) is 25.2 Å². The molecule has 0 aliphatic carbocycles. The van der Waals surface area contributed by atoms with E-state index in [4.69, 9.17) is 10.4 Å². The molecule has 2 rings (SSSR count). The quantitative estimate of drug-likeness (QED) is 0.844. The first kappa shape index (κ1) is 11.4. The van der Waals surface area contributed by atoms with Crippen LogP contribution in [0.2, 0.25) is 0 Å². The first-order valence-electron chi connectivity index (χ1n) is 5.29. The SMILES string of the molecule is N#Cc1ccc(N2CCC(C(=O)O)C2)c(F)c1. The molecule has 5 heteroatoms. The van der Waals surface area contributed by atoms with E-state index in [2.05, 4.69) is 0 Å². The van der Waals surface area contributed by atoms with Crippen molar-refractivity contribution < 1.29 is 14.3 Å². The summed E-state index contributed by atoms with van der Waals surface area (Å²) >= 11 is 0. The van der Waals surface area contributed by atoms with E-state index in [1.54, 1.807) is 4.90 Å². The molecule has 17 heavy (non-hydrogen) atoms. The third kappa shape index (κ3) is 2.21. The molecule has 4 nitrogen and oxygen atoms in total. The molecule has 1 aliphatic heterocycles. The van der Waals surface area contributed by atoms with Crippen LogP contribution in [0.1, 0.15) is 12.0 Å². The number of aliphatic carboxylic acids is 1. The van der Waals surface area contributed by atoms with Crippen LogP contribution in [0, 0.1) is 23.1 Å². The molecule has 0 radical (unpaired) electrons. The lowest BCUT2D eigenvalue weighted by Crippen LogP contribution is -2.23. The number of rotatable bonds is 2. The van der Waals surface area contributed by atoms with Gasteiger partial charge < -0.3 is 10.0 Å². The lowest BCUT2D eigenvalue weighted by molar-refractivity contribution is -0.140. The minimum absolute atomic E-state index is 0.264. The molecular weight excluding hydrogens is 223 g/mol. The predicted molar refractivity (Wildman–Crippen MR) is 59.1 cm³/mol. The van der Waals surface area contributed by atoms with Crippen molar-refractivity contribution in [3.8, 4) is 6.07 Å². The summed E-state index contributed by atoms with van der Waals surface area (Å²) in [7, 11) is 0. The number of carboxylic acids is 1. The van der Waals surface area contributed by atoms with E-state index in [0.717, 1.165) is 0 Å². The second kappa shape index (κ2) is 4.42. The highest BCUT2D eigenvalue weighted by molar-refractivity contribution is 5.72. The van der Waals surface area contributed by atoms with Crippen molar-refractivity contribution in [3.05, 3.63) is 29.6 Å². The van der Waals surface area contributed by atoms with Crippen molar-refractivity contribution in [3.63, 3.8) is 0 Å². The van der Waals surface area contributed by atoms with Crippen LogP contribution in [-0.4, -0.2) is 24.2 Å². The molecule has 0 saturated carbocycles. The number of halogens is 1. The van der Waals surface area contributed by atoms with Gasteiger partial charge in [-0.2, -0.15) is 5.26 Å². The summed E-state index contributed by atoms with van der Waals surface area (Å²) in [6, 6.07) is 6.09. The number of benzene rings is 1. The largest absolute Gasteiger partial charge is 0.481 e. The molecule has 1 N–H and O–H groups in total. The van der Waals surface area contributed by atoms with Crippen LogP contribution in [0.15, 0.2) is 18.2 Å². The number of hydrogen-bond acceptors (Lipinski definition) is 3. The Morgan fingerprint density at radius 1 is 1.59 bits per heavy atom. The summed E-state index contributed by atoms with van der Waals surface area (Å²) in [5.41, 5.74) is 0.632. The van der Waals surface area contributed by atoms with E-state index in [9.17, 15) is 9.18 Å². The van der Waals surface area contributed by atoms with E-state index >= 15 is 0 Å². The lowest BCUT2D eigenvalue weighted by atomic mass is 10.1. The highest BCUT2D eigenvalue weighted by Crippen LogP contribution is 2.26. The zero-order valence-electron chi connectivity index (χ0n) is 9.06. The molecule has 0 spiro atoms. The van der Waals surface area contributed by atoms with Crippen LogP contribution in [0.4, 0.5) is 10.1 Å². The van der Waals surface area contributed by atoms with Gasteiger partial charge in [-0.25, -0.2) is 4.39 Å². The molecule has 1 atom stereocenters. The number of nitriles is 1. The zero-order chi connectivity index (χ0) is 12.4. The van der Waals surface area contributed by atoms with E-state index in [1.165, 1.54) is 18.2 Å². The Bertz CT molecular complexity index is 496. The average molecular weight is 234 g/mol. The summed E-state index contributed by atoms with van der Waals surface area (Å²) < 4.78 is 13.7. The van der Waals surface area contributed by atoms with E-state index in [1.807, 2.05) is 6.07 Å². The Kier molecular flexibility index (Phi) is 2.96. The molecule has 1 aliphatic rings. The van der Waals surface area contributed by atoms with Crippen molar-refractivity contribution >= 4 is 11.7 Å². The van der Waals surface area contributed by atoms with Gasteiger partial charge in [0, 0.05) is 13.1 Å². The summed E-state index contributed by atoms with van der Waals surface area (Å²) in [6.45, 7) is 0.845. The minimum atomic E-state index is -0.846. The third-order valence-electron chi connectivity index (χ3n) is 2.95. The van der Waals surface area contributed by atoms with Crippen molar-refractivity contribution in [2.75, 3.05) is 18.0 Å². The fraction of sp³-hybridized carbons (Fsp3) is 0.333. The van der Waals surface area contributed by atoms with Crippen molar-refractivity contribution in [2.45, 2.75) is 6.42 Å². The highest BCUT2D eigenvalue weighted by Gasteiger charge is 2.29.